The van der Waals surface area contributed by atoms with Crippen LogP contribution in [0.3, 0.4) is 0 Å². The van der Waals surface area contributed by atoms with E-state index in [0.717, 1.165) is 16.8 Å². The smallest absolute Gasteiger partial charge is 0.399 e. The third-order valence-electron chi connectivity index (χ3n) is 8.90. The third kappa shape index (κ3) is 3.08. The fourth-order valence-electron chi connectivity index (χ4n) is 6.08. The first-order valence-electron chi connectivity index (χ1n) is 13.1. The zero-order valence-corrected chi connectivity index (χ0v) is 22.3. The van der Waals surface area contributed by atoms with Crippen LogP contribution in [0, 0.1) is 0 Å². The Balaban J connectivity index is 1.38. The molecular weight excluding hydrogens is 455 g/mol. The molecule has 37 heavy (non-hydrogen) atoms. The Morgan fingerprint density at radius 1 is 0.703 bits per heavy atom. The summed E-state index contributed by atoms with van der Waals surface area (Å²) in [5.41, 5.74) is 8.71. The van der Waals surface area contributed by atoms with Crippen molar-refractivity contribution < 1.29 is 9.31 Å². The number of benzene rings is 3. The highest BCUT2D eigenvalue weighted by atomic mass is 16.7. The number of hydrogen-bond donors (Lipinski definition) is 0. The summed E-state index contributed by atoms with van der Waals surface area (Å²) in [4.78, 5) is 4.78. The zero-order chi connectivity index (χ0) is 25.7. The Hall–Kier alpha value is -3.41. The molecule has 0 amide bonds. The van der Waals surface area contributed by atoms with Crippen molar-refractivity contribution in [3.63, 3.8) is 0 Å². The van der Waals surface area contributed by atoms with Gasteiger partial charge in [-0.3, -0.25) is 4.57 Å². The molecule has 5 aromatic rings. The van der Waals surface area contributed by atoms with Crippen molar-refractivity contribution in [3.05, 3.63) is 90.1 Å². The van der Waals surface area contributed by atoms with Gasteiger partial charge in [0.05, 0.1) is 16.7 Å². The maximum absolute atomic E-state index is 6.37. The van der Waals surface area contributed by atoms with E-state index < -0.39 is 0 Å². The van der Waals surface area contributed by atoms with E-state index in [1.54, 1.807) is 0 Å². The van der Waals surface area contributed by atoms with E-state index in [1.807, 2.05) is 12.3 Å². The van der Waals surface area contributed by atoms with Crippen LogP contribution < -0.4 is 5.46 Å². The molecule has 7 rings (SSSR count). The van der Waals surface area contributed by atoms with Crippen LogP contribution in [0.15, 0.2) is 79.0 Å². The summed E-state index contributed by atoms with van der Waals surface area (Å²) >= 11 is 0. The number of nitrogens with zero attached hydrogens (tertiary/aromatic N) is 2. The minimum absolute atomic E-state index is 0.123. The van der Waals surface area contributed by atoms with E-state index in [9.17, 15) is 0 Å². The first-order valence-corrected chi connectivity index (χ1v) is 13.1. The minimum atomic E-state index is -0.367. The van der Waals surface area contributed by atoms with Gasteiger partial charge in [-0.25, -0.2) is 4.98 Å². The van der Waals surface area contributed by atoms with E-state index in [2.05, 4.69) is 113 Å². The van der Waals surface area contributed by atoms with Gasteiger partial charge in [0.15, 0.2) is 0 Å². The van der Waals surface area contributed by atoms with Crippen LogP contribution in [-0.4, -0.2) is 27.9 Å². The summed E-state index contributed by atoms with van der Waals surface area (Å²) in [6, 6.07) is 26.3. The Kier molecular flexibility index (Phi) is 4.51. The number of pyridine rings is 1. The van der Waals surface area contributed by atoms with Gasteiger partial charge in [0.1, 0.15) is 5.65 Å². The standard InChI is InChI=1S/C32H31BN2O2/c1-30(2)26-16-14-21(35-28-12-8-7-10-23(28)24-11-9-17-34-29(24)35)19-25(26)22-15-13-20(18-27(22)30)33-36-31(3,4)32(5,6)37-33/h7-19H,1-6H3. The first-order chi connectivity index (χ1) is 17.6. The molecule has 1 saturated heterocycles. The second-order valence-electron chi connectivity index (χ2n) is 12.0. The van der Waals surface area contributed by atoms with Crippen LogP contribution in [0.25, 0.3) is 38.8 Å². The van der Waals surface area contributed by atoms with Gasteiger partial charge in [0, 0.05) is 28.1 Å². The molecule has 4 nitrogen and oxygen atoms in total. The topological polar surface area (TPSA) is 36.3 Å². The Morgan fingerprint density at radius 3 is 2.22 bits per heavy atom. The molecule has 0 N–H and O–H groups in total. The lowest BCUT2D eigenvalue weighted by Crippen LogP contribution is -2.41. The molecule has 0 atom stereocenters. The lowest BCUT2D eigenvalue weighted by atomic mass is 9.74. The normalized spacial score (nSPS) is 18.9. The van der Waals surface area contributed by atoms with Crippen molar-refractivity contribution in [2.45, 2.75) is 58.2 Å². The van der Waals surface area contributed by atoms with Crippen LogP contribution in [0.2, 0.25) is 0 Å². The number of para-hydroxylation sites is 1. The monoisotopic (exact) mass is 486 g/mol. The van der Waals surface area contributed by atoms with E-state index >= 15 is 0 Å². The molecular formula is C32H31BN2O2. The molecule has 1 aliphatic carbocycles. The zero-order valence-electron chi connectivity index (χ0n) is 22.3. The average molecular weight is 486 g/mol. The van der Waals surface area contributed by atoms with Gasteiger partial charge >= 0.3 is 7.12 Å². The van der Waals surface area contributed by atoms with Crippen molar-refractivity contribution in [1.82, 2.24) is 9.55 Å². The fourth-order valence-corrected chi connectivity index (χ4v) is 6.08. The summed E-state index contributed by atoms with van der Waals surface area (Å²) < 4.78 is 15.0. The van der Waals surface area contributed by atoms with Gasteiger partial charge in [-0.1, -0.05) is 56.3 Å². The average Bonchev–Trinajstić information content (AvgIpc) is 3.41. The minimum Gasteiger partial charge on any atom is -0.399 e. The van der Waals surface area contributed by atoms with E-state index in [1.165, 1.54) is 38.5 Å². The largest absolute Gasteiger partial charge is 0.494 e. The number of hydrogen-bond acceptors (Lipinski definition) is 3. The SMILES string of the molecule is CC1(C)c2ccc(-n3c4ccccc4c4cccnc43)cc2-c2ccc(B3OC(C)(C)C(C)(C)O3)cc21. The molecule has 184 valence electrons. The second kappa shape index (κ2) is 7.34. The van der Waals surface area contributed by atoms with Crippen LogP contribution in [0.5, 0.6) is 0 Å². The van der Waals surface area contributed by atoms with E-state index in [-0.39, 0.29) is 23.7 Å². The highest BCUT2D eigenvalue weighted by Gasteiger charge is 2.52. The molecule has 1 fully saturated rings. The van der Waals surface area contributed by atoms with Crippen LogP contribution in [0.4, 0.5) is 0 Å². The van der Waals surface area contributed by atoms with Gasteiger partial charge < -0.3 is 9.31 Å². The molecule has 3 aromatic carbocycles. The van der Waals surface area contributed by atoms with Gasteiger partial charge in [-0.2, -0.15) is 0 Å². The predicted molar refractivity (Wildman–Crippen MR) is 152 cm³/mol. The third-order valence-corrected chi connectivity index (χ3v) is 8.90. The Labute approximate surface area is 218 Å². The van der Waals surface area contributed by atoms with E-state index in [0.29, 0.717) is 0 Å². The lowest BCUT2D eigenvalue weighted by Gasteiger charge is -2.32. The highest BCUT2D eigenvalue weighted by molar-refractivity contribution is 6.62. The van der Waals surface area contributed by atoms with Gasteiger partial charge in [-0.05, 0) is 85.7 Å². The summed E-state index contributed by atoms with van der Waals surface area (Å²) in [5, 5.41) is 2.39. The van der Waals surface area contributed by atoms with Crippen LogP contribution in [0.1, 0.15) is 52.7 Å². The van der Waals surface area contributed by atoms with Gasteiger partial charge in [0.25, 0.3) is 0 Å². The van der Waals surface area contributed by atoms with E-state index in [4.69, 9.17) is 14.3 Å². The van der Waals surface area contributed by atoms with Gasteiger partial charge in [-0.15, -0.1) is 0 Å². The molecule has 0 bridgehead atoms. The number of rotatable bonds is 2. The highest BCUT2D eigenvalue weighted by Crippen LogP contribution is 2.49. The maximum Gasteiger partial charge on any atom is 0.494 e. The molecule has 0 unspecified atom stereocenters. The lowest BCUT2D eigenvalue weighted by molar-refractivity contribution is 0.00578. The number of aromatic nitrogens is 2. The summed E-state index contributed by atoms with van der Waals surface area (Å²) in [5.74, 6) is 0. The van der Waals surface area contributed by atoms with Crippen LogP contribution >= 0.6 is 0 Å². The summed E-state index contributed by atoms with van der Waals surface area (Å²) in [7, 11) is -0.367. The van der Waals surface area contributed by atoms with Crippen LogP contribution in [-0.2, 0) is 14.7 Å². The maximum atomic E-state index is 6.37. The molecule has 0 saturated carbocycles. The molecule has 5 heteroatoms. The fraction of sp³-hybridized carbons (Fsp3) is 0.281. The predicted octanol–water partition coefficient (Wildman–Crippen LogP) is 6.78. The summed E-state index contributed by atoms with van der Waals surface area (Å²) in [6.45, 7) is 13.0. The molecule has 3 heterocycles. The Morgan fingerprint density at radius 2 is 1.43 bits per heavy atom. The Bertz CT molecular complexity index is 1660. The van der Waals surface area contributed by atoms with Crippen molar-refractivity contribution in [2.75, 3.05) is 0 Å². The van der Waals surface area contributed by atoms with Crippen molar-refractivity contribution in [2.24, 2.45) is 0 Å². The van der Waals surface area contributed by atoms with Gasteiger partial charge in [0.2, 0.25) is 0 Å². The molecule has 2 aromatic heterocycles. The molecule has 2 aliphatic rings. The second-order valence-corrected chi connectivity index (χ2v) is 12.0. The van der Waals surface area contributed by atoms with Crippen molar-refractivity contribution in [3.8, 4) is 16.8 Å². The summed E-state index contributed by atoms with van der Waals surface area (Å²) in [6.07, 6.45) is 1.88. The van der Waals surface area contributed by atoms with Crippen molar-refractivity contribution in [1.29, 1.82) is 0 Å². The van der Waals surface area contributed by atoms with Crippen molar-refractivity contribution >= 4 is 34.5 Å². The molecule has 1 aliphatic heterocycles. The molecule has 0 radical (unpaired) electrons. The quantitative estimate of drug-likeness (QED) is 0.258. The molecule has 0 spiro atoms. The number of fused-ring (bicyclic) bond motifs is 6. The first kappa shape index (κ1) is 22.8.